The molecule has 0 unspecified atom stereocenters. The number of rotatable bonds is 6. The van der Waals surface area contributed by atoms with E-state index in [1.807, 2.05) is 24.3 Å². The van der Waals surface area contributed by atoms with Gasteiger partial charge in [-0.2, -0.15) is 0 Å². The van der Waals surface area contributed by atoms with Gasteiger partial charge in [0.25, 0.3) is 0 Å². The quantitative estimate of drug-likeness (QED) is 0.782. The lowest BCUT2D eigenvalue weighted by molar-refractivity contribution is 0.315. The van der Waals surface area contributed by atoms with Crippen LogP contribution in [0, 0.1) is 6.92 Å². The van der Waals surface area contributed by atoms with Crippen LogP contribution in [-0.2, 0) is 0 Å². The van der Waals surface area contributed by atoms with Crippen molar-refractivity contribution in [1.82, 2.24) is 0 Å². The maximum absolute atomic E-state index is 5.81. The van der Waals surface area contributed by atoms with E-state index in [4.69, 9.17) is 16.3 Å². The Morgan fingerprint density at radius 2 is 1.68 bits per heavy atom. The summed E-state index contributed by atoms with van der Waals surface area (Å²) in [7, 11) is 0. The van der Waals surface area contributed by atoms with Crippen LogP contribution in [0.3, 0.4) is 0 Å². The van der Waals surface area contributed by atoms with Crippen molar-refractivity contribution in [3.05, 3.63) is 59.1 Å². The molecule has 2 rings (SSSR count). The van der Waals surface area contributed by atoms with Gasteiger partial charge < -0.3 is 10.1 Å². The Morgan fingerprint density at radius 1 is 1.00 bits per heavy atom. The molecule has 2 aromatic rings. The van der Waals surface area contributed by atoms with Gasteiger partial charge in [0.2, 0.25) is 0 Å². The van der Waals surface area contributed by atoms with Gasteiger partial charge in [0.15, 0.2) is 0 Å². The first-order chi connectivity index (χ1) is 9.24. The van der Waals surface area contributed by atoms with Crippen molar-refractivity contribution in [3.8, 4) is 5.75 Å². The number of halogens is 1. The first-order valence-electron chi connectivity index (χ1n) is 6.43. The monoisotopic (exact) mass is 275 g/mol. The summed E-state index contributed by atoms with van der Waals surface area (Å²) < 4.78 is 5.62. The van der Waals surface area contributed by atoms with E-state index in [9.17, 15) is 0 Å². The average molecular weight is 276 g/mol. The van der Waals surface area contributed by atoms with Crippen LogP contribution in [0.1, 0.15) is 12.0 Å². The van der Waals surface area contributed by atoms with E-state index in [0.29, 0.717) is 6.61 Å². The van der Waals surface area contributed by atoms with Crippen LogP contribution in [-0.4, -0.2) is 13.2 Å². The van der Waals surface area contributed by atoms with E-state index in [-0.39, 0.29) is 0 Å². The number of hydrogen-bond donors (Lipinski definition) is 1. The molecule has 0 bridgehead atoms. The molecule has 0 fully saturated rings. The lowest BCUT2D eigenvalue weighted by Gasteiger charge is -2.08. The largest absolute Gasteiger partial charge is 0.494 e. The second-order valence-corrected chi connectivity index (χ2v) is 4.89. The molecule has 0 spiro atoms. The summed E-state index contributed by atoms with van der Waals surface area (Å²) in [6, 6.07) is 15.8. The fraction of sp³-hybridized carbons (Fsp3) is 0.250. The maximum atomic E-state index is 5.81. The SMILES string of the molecule is Cc1ccc(NCCCOc2ccc(Cl)cc2)cc1. The van der Waals surface area contributed by atoms with Crippen LogP contribution in [0.4, 0.5) is 5.69 Å². The van der Waals surface area contributed by atoms with Crippen molar-refractivity contribution >= 4 is 17.3 Å². The van der Waals surface area contributed by atoms with Gasteiger partial charge in [0.1, 0.15) is 5.75 Å². The van der Waals surface area contributed by atoms with Gasteiger partial charge in [-0.3, -0.25) is 0 Å². The number of anilines is 1. The normalized spacial score (nSPS) is 10.2. The smallest absolute Gasteiger partial charge is 0.119 e. The van der Waals surface area contributed by atoms with Crippen molar-refractivity contribution in [3.63, 3.8) is 0 Å². The second kappa shape index (κ2) is 7.05. The third kappa shape index (κ3) is 4.84. The van der Waals surface area contributed by atoms with Crippen molar-refractivity contribution in [1.29, 1.82) is 0 Å². The van der Waals surface area contributed by atoms with Crippen LogP contribution in [0.2, 0.25) is 5.02 Å². The molecule has 0 aromatic heterocycles. The molecular weight excluding hydrogens is 258 g/mol. The Labute approximate surface area is 119 Å². The van der Waals surface area contributed by atoms with E-state index in [2.05, 4.69) is 36.5 Å². The van der Waals surface area contributed by atoms with E-state index in [0.717, 1.165) is 29.4 Å². The molecule has 19 heavy (non-hydrogen) atoms. The van der Waals surface area contributed by atoms with Gasteiger partial charge in [-0.1, -0.05) is 29.3 Å². The van der Waals surface area contributed by atoms with Crippen LogP contribution in [0.5, 0.6) is 5.75 Å². The summed E-state index contributed by atoms with van der Waals surface area (Å²) in [6.07, 6.45) is 0.955. The summed E-state index contributed by atoms with van der Waals surface area (Å²) in [4.78, 5) is 0. The van der Waals surface area contributed by atoms with E-state index >= 15 is 0 Å². The summed E-state index contributed by atoms with van der Waals surface area (Å²) >= 11 is 5.81. The standard InChI is InChI=1S/C16H18ClNO/c1-13-3-7-15(8-4-13)18-11-2-12-19-16-9-5-14(17)6-10-16/h3-10,18H,2,11-12H2,1H3. The lowest BCUT2D eigenvalue weighted by Crippen LogP contribution is -2.07. The predicted octanol–water partition coefficient (Wildman–Crippen LogP) is 4.53. The minimum absolute atomic E-state index is 0.695. The van der Waals surface area contributed by atoms with E-state index in [1.54, 1.807) is 0 Å². The number of hydrogen-bond acceptors (Lipinski definition) is 2. The highest BCUT2D eigenvalue weighted by Gasteiger charge is 1.95. The zero-order valence-corrected chi connectivity index (χ0v) is 11.8. The Kier molecular flexibility index (Phi) is 5.10. The van der Waals surface area contributed by atoms with Gasteiger partial charge in [-0.25, -0.2) is 0 Å². The molecular formula is C16H18ClNO. The molecule has 0 radical (unpaired) electrons. The van der Waals surface area contributed by atoms with E-state index < -0.39 is 0 Å². The molecule has 0 saturated carbocycles. The summed E-state index contributed by atoms with van der Waals surface area (Å²) in [5.74, 6) is 0.861. The number of aryl methyl sites for hydroxylation is 1. The lowest BCUT2D eigenvalue weighted by atomic mass is 10.2. The molecule has 1 N–H and O–H groups in total. The van der Waals surface area contributed by atoms with Gasteiger partial charge >= 0.3 is 0 Å². The maximum Gasteiger partial charge on any atom is 0.119 e. The fourth-order valence-electron chi connectivity index (χ4n) is 1.70. The van der Waals surface area contributed by atoms with Gasteiger partial charge in [0, 0.05) is 17.3 Å². The Hall–Kier alpha value is -1.67. The molecule has 0 heterocycles. The van der Waals surface area contributed by atoms with Crippen LogP contribution >= 0.6 is 11.6 Å². The summed E-state index contributed by atoms with van der Waals surface area (Å²) in [5, 5.41) is 4.10. The summed E-state index contributed by atoms with van der Waals surface area (Å²) in [5.41, 5.74) is 2.42. The van der Waals surface area contributed by atoms with E-state index in [1.165, 1.54) is 5.56 Å². The van der Waals surface area contributed by atoms with Gasteiger partial charge in [-0.05, 0) is 49.7 Å². The predicted molar refractivity (Wildman–Crippen MR) is 81.2 cm³/mol. The highest BCUT2D eigenvalue weighted by Crippen LogP contribution is 2.15. The molecule has 0 aliphatic heterocycles. The molecule has 2 aromatic carbocycles. The zero-order valence-electron chi connectivity index (χ0n) is 11.0. The third-order valence-corrected chi connectivity index (χ3v) is 3.04. The molecule has 0 aliphatic carbocycles. The van der Waals surface area contributed by atoms with Crippen LogP contribution in [0.15, 0.2) is 48.5 Å². The van der Waals surface area contributed by atoms with Gasteiger partial charge in [0.05, 0.1) is 6.61 Å². The molecule has 2 nitrogen and oxygen atoms in total. The van der Waals surface area contributed by atoms with Crippen molar-refractivity contribution in [2.45, 2.75) is 13.3 Å². The first-order valence-corrected chi connectivity index (χ1v) is 6.81. The van der Waals surface area contributed by atoms with Crippen molar-refractivity contribution in [2.24, 2.45) is 0 Å². The average Bonchev–Trinajstić information content (AvgIpc) is 2.43. The molecule has 0 atom stereocenters. The van der Waals surface area contributed by atoms with Gasteiger partial charge in [-0.15, -0.1) is 0 Å². The zero-order chi connectivity index (χ0) is 13.5. The minimum atomic E-state index is 0.695. The minimum Gasteiger partial charge on any atom is -0.494 e. The number of ether oxygens (including phenoxy) is 1. The van der Waals surface area contributed by atoms with Crippen molar-refractivity contribution in [2.75, 3.05) is 18.5 Å². The molecule has 3 heteroatoms. The Balaban J connectivity index is 1.64. The second-order valence-electron chi connectivity index (χ2n) is 4.45. The Bertz CT molecular complexity index is 446. The highest BCUT2D eigenvalue weighted by atomic mass is 35.5. The number of benzene rings is 2. The van der Waals surface area contributed by atoms with Crippen LogP contribution < -0.4 is 10.1 Å². The third-order valence-electron chi connectivity index (χ3n) is 2.78. The molecule has 0 amide bonds. The first kappa shape index (κ1) is 13.8. The highest BCUT2D eigenvalue weighted by molar-refractivity contribution is 6.30. The fourth-order valence-corrected chi connectivity index (χ4v) is 1.82. The molecule has 0 saturated heterocycles. The Morgan fingerprint density at radius 3 is 2.37 bits per heavy atom. The molecule has 100 valence electrons. The van der Waals surface area contributed by atoms with Crippen LogP contribution in [0.25, 0.3) is 0 Å². The summed E-state index contributed by atoms with van der Waals surface area (Å²) in [6.45, 7) is 3.68. The molecule has 0 aliphatic rings. The van der Waals surface area contributed by atoms with Crippen molar-refractivity contribution < 1.29 is 4.74 Å². The number of nitrogens with one attached hydrogen (secondary N) is 1. The topological polar surface area (TPSA) is 21.3 Å².